The molecule has 0 bridgehead atoms. The number of nitrogens with one attached hydrogen (secondary N) is 2. The number of H-pyrrole nitrogens is 1. The minimum atomic E-state index is -0.397. The zero-order valence-electron chi connectivity index (χ0n) is 12.7. The van der Waals surface area contributed by atoms with Gasteiger partial charge in [0.1, 0.15) is 11.5 Å². The molecule has 116 valence electrons. The molecule has 0 saturated carbocycles. The molecule has 1 aromatic heterocycles. The molecule has 1 heterocycles. The minimum absolute atomic E-state index is 0.115. The highest BCUT2D eigenvalue weighted by Crippen LogP contribution is 2.16. The molecule has 2 N–H and O–H groups in total. The molecule has 0 aliphatic carbocycles. The molecular formula is C15H18N4O2S. The van der Waals surface area contributed by atoms with Crippen LogP contribution in [0.3, 0.4) is 0 Å². The van der Waals surface area contributed by atoms with E-state index in [4.69, 9.17) is 0 Å². The van der Waals surface area contributed by atoms with Gasteiger partial charge in [-0.15, -0.1) is 0 Å². The first-order valence-corrected chi connectivity index (χ1v) is 8.07. The van der Waals surface area contributed by atoms with Crippen LogP contribution in [0.15, 0.2) is 35.1 Å². The largest absolute Gasteiger partial charge is 0.378 e. The van der Waals surface area contributed by atoms with Gasteiger partial charge < -0.3 is 15.2 Å². The first-order chi connectivity index (χ1) is 10.5. The van der Waals surface area contributed by atoms with Gasteiger partial charge in [-0.05, 0) is 30.5 Å². The van der Waals surface area contributed by atoms with E-state index in [2.05, 4.69) is 15.3 Å². The van der Waals surface area contributed by atoms with Gasteiger partial charge >= 0.3 is 0 Å². The molecule has 7 heteroatoms. The molecule has 0 atom stereocenters. The number of thioether (sulfide) groups is 1. The summed E-state index contributed by atoms with van der Waals surface area (Å²) in [7, 11) is 3.89. The topological polar surface area (TPSA) is 78.1 Å². The molecule has 0 unspecified atom stereocenters. The normalized spacial score (nSPS) is 10.3. The van der Waals surface area contributed by atoms with Crippen LogP contribution in [0.25, 0.3) is 0 Å². The predicted octanol–water partition coefficient (Wildman–Crippen LogP) is 1.95. The molecule has 0 radical (unpaired) electrons. The van der Waals surface area contributed by atoms with Crippen LogP contribution in [-0.2, 0) is 5.75 Å². The van der Waals surface area contributed by atoms with Crippen LogP contribution in [0.1, 0.15) is 16.3 Å². The summed E-state index contributed by atoms with van der Waals surface area (Å²) in [4.78, 5) is 32.5. The average molecular weight is 318 g/mol. The fourth-order valence-electron chi connectivity index (χ4n) is 1.87. The number of hydrogen-bond acceptors (Lipinski definition) is 5. The minimum Gasteiger partial charge on any atom is -0.378 e. The van der Waals surface area contributed by atoms with Gasteiger partial charge in [0.05, 0.1) is 5.75 Å². The Bertz CT molecular complexity index is 710. The Hall–Kier alpha value is -2.28. The molecule has 1 amide bonds. The lowest BCUT2D eigenvalue weighted by atomic mass is 10.2. The smallest absolute Gasteiger partial charge is 0.274 e. The van der Waals surface area contributed by atoms with E-state index in [0.717, 1.165) is 5.69 Å². The number of amides is 1. The lowest BCUT2D eigenvalue weighted by Crippen LogP contribution is -2.20. The van der Waals surface area contributed by atoms with Gasteiger partial charge in [-0.25, -0.2) is 4.98 Å². The molecule has 0 aliphatic heterocycles. The number of rotatable bonds is 5. The van der Waals surface area contributed by atoms with Crippen LogP contribution in [0.4, 0.5) is 11.4 Å². The van der Waals surface area contributed by atoms with Crippen LogP contribution in [0.5, 0.6) is 0 Å². The number of aromatic nitrogens is 2. The third-order valence-corrected chi connectivity index (χ3v) is 3.51. The molecule has 22 heavy (non-hydrogen) atoms. The average Bonchev–Trinajstić information content (AvgIpc) is 2.47. The molecule has 0 fully saturated rings. The first kappa shape index (κ1) is 16.1. The van der Waals surface area contributed by atoms with E-state index in [1.165, 1.54) is 17.8 Å². The highest BCUT2D eigenvalue weighted by Gasteiger charge is 2.10. The predicted molar refractivity (Wildman–Crippen MR) is 90.8 cm³/mol. The van der Waals surface area contributed by atoms with Gasteiger partial charge in [0.15, 0.2) is 0 Å². The molecule has 0 saturated heterocycles. The monoisotopic (exact) mass is 318 g/mol. The fraction of sp³-hybridized carbons (Fsp3) is 0.267. The summed E-state index contributed by atoms with van der Waals surface area (Å²) in [5, 5.41) is 2.74. The van der Waals surface area contributed by atoms with Crippen LogP contribution >= 0.6 is 11.8 Å². The maximum atomic E-state index is 12.2. The highest BCUT2D eigenvalue weighted by atomic mass is 32.2. The number of carbonyl (C=O) groups is 1. The van der Waals surface area contributed by atoms with E-state index in [-0.39, 0.29) is 11.3 Å². The van der Waals surface area contributed by atoms with Crippen molar-refractivity contribution in [2.45, 2.75) is 5.75 Å². The van der Waals surface area contributed by atoms with Gasteiger partial charge in [-0.2, -0.15) is 11.8 Å². The second-order valence-corrected chi connectivity index (χ2v) is 5.77. The third-order valence-electron chi connectivity index (χ3n) is 2.95. The second-order valence-electron chi connectivity index (χ2n) is 4.91. The van der Waals surface area contributed by atoms with E-state index >= 15 is 0 Å². The molecule has 1 aromatic carbocycles. The van der Waals surface area contributed by atoms with Crippen molar-refractivity contribution in [2.24, 2.45) is 0 Å². The summed E-state index contributed by atoms with van der Waals surface area (Å²) < 4.78 is 0. The van der Waals surface area contributed by atoms with E-state index < -0.39 is 5.91 Å². The highest BCUT2D eigenvalue weighted by molar-refractivity contribution is 7.97. The van der Waals surface area contributed by atoms with Gasteiger partial charge in [0, 0.05) is 31.5 Å². The Morgan fingerprint density at radius 1 is 1.32 bits per heavy atom. The number of anilines is 2. The summed E-state index contributed by atoms with van der Waals surface area (Å²) in [5.74, 6) is 0.646. The number of benzene rings is 1. The van der Waals surface area contributed by atoms with Crippen molar-refractivity contribution in [2.75, 3.05) is 30.6 Å². The molecule has 6 nitrogen and oxygen atoms in total. The lowest BCUT2D eigenvalue weighted by molar-refractivity contribution is 0.102. The lowest BCUT2D eigenvalue weighted by Gasteiger charge is -2.13. The summed E-state index contributed by atoms with van der Waals surface area (Å²) in [6.45, 7) is 0. The Kier molecular flexibility index (Phi) is 5.21. The van der Waals surface area contributed by atoms with Crippen molar-refractivity contribution in [1.29, 1.82) is 0 Å². The third kappa shape index (κ3) is 4.11. The van der Waals surface area contributed by atoms with Crippen molar-refractivity contribution in [1.82, 2.24) is 9.97 Å². The van der Waals surface area contributed by atoms with Gasteiger partial charge in [0.2, 0.25) is 0 Å². The van der Waals surface area contributed by atoms with Crippen molar-refractivity contribution < 1.29 is 4.79 Å². The van der Waals surface area contributed by atoms with E-state index in [0.29, 0.717) is 17.3 Å². The Morgan fingerprint density at radius 3 is 2.59 bits per heavy atom. The standard InChI is InChI=1S/C15H18N4O2S/c1-19(2)11-6-4-10(5-7-11)16-15(21)12-8-14(20)18-13(17-12)9-22-3/h4-8H,9H2,1-3H3,(H,16,21)(H,17,18,20). The van der Waals surface area contributed by atoms with Crippen LogP contribution in [0.2, 0.25) is 0 Å². The first-order valence-electron chi connectivity index (χ1n) is 6.67. The molecule has 2 rings (SSSR count). The summed E-state index contributed by atoms with van der Waals surface area (Å²) in [6, 6.07) is 8.62. The maximum absolute atomic E-state index is 12.2. The van der Waals surface area contributed by atoms with E-state index in [1.54, 1.807) is 0 Å². The molecule has 0 aliphatic rings. The van der Waals surface area contributed by atoms with Crippen molar-refractivity contribution in [3.63, 3.8) is 0 Å². The van der Waals surface area contributed by atoms with Gasteiger partial charge in [-0.1, -0.05) is 0 Å². The van der Waals surface area contributed by atoms with Crippen molar-refractivity contribution >= 4 is 29.0 Å². The summed E-state index contributed by atoms with van der Waals surface area (Å²) in [6.07, 6.45) is 1.90. The zero-order valence-corrected chi connectivity index (χ0v) is 13.5. The Balaban J connectivity index is 2.16. The molecule has 2 aromatic rings. The maximum Gasteiger partial charge on any atom is 0.274 e. The summed E-state index contributed by atoms with van der Waals surface area (Å²) in [5.41, 5.74) is 1.48. The SMILES string of the molecule is CSCc1nc(C(=O)Nc2ccc(N(C)C)cc2)cc(=O)[nH]1. The van der Waals surface area contributed by atoms with Crippen LogP contribution < -0.4 is 15.8 Å². The number of carbonyl (C=O) groups excluding carboxylic acids is 1. The van der Waals surface area contributed by atoms with Crippen LogP contribution in [-0.4, -0.2) is 36.2 Å². The fourth-order valence-corrected chi connectivity index (χ4v) is 2.28. The number of hydrogen-bond donors (Lipinski definition) is 2. The van der Waals surface area contributed by atoms with E-state index in [1.807, 2.05) is 49.5 Å². The van der Waals surface area contributed by atoms with Crippen LogP contribution in [0, 0.1) is 0 Å². The van der Waals surface area contributed by atoms with Crippen molar-refractivity contribution in [3.8, 4) is 0 Å². The number of aromatic amines is 1. The zero-order chi connectivity index (χ0) is 16.1. The Labute approximate surface area is 133 Å². The van der Waals surface area contributed by atoms with Gasteiger partial charge in [-0.3, -0.25) is 9.59 Å². The quantitative estimate of drug-likeness (QED) is 0.881. The molecule has 0 spiro atoms. The van der Waals surface area contributed by atoms with E-state index in [9.17, 15) is 9.59 Å². The van der Waals surface area contributed by atoms with Crippen molar-refractivity contribution in [3.05, 3.63) is 52.2 Å². The summed E-state index contributed by atoms with van der Waals surface area (Å²) >= 11 is 1.52. The number of nitrogens with zero attached hydrogens (tertiary/aromatic N) is 2. The Morgan fingerprint density at radius 2 is 2.00 bits per heavy atom. The second kappa shape index (κ2) is 7.13. The molecular weight excluding hydrogens is 300 g/mol. The van der Waals surface area contributed by atoms with Gasteiger partial charge in [0.25, 0.3) is 11.5 Å².